The van der Waals surface area contributed by atoms with Gasteiger partial charge in [0.15, 0.2) is 0 Å². The molecule has 0 aliphatic heterocycles. The molecule has 0 bridgehead atoms. The van der Waals surface area contributed by atoms with E-state index in [0.29, 0.717) is 6.04 Å². The van der Waals surface area contributed by atoms with Crippen molar-refractivity contribution in [3.8, 4) is 0 Å². The highest BCUT2D eigenvalue weighted by Crippen LogP contribution is 2.28. The zero-order valence-corrected chi connectivity index (χ0v) is 11.2. The molecule has 0 aromatic rings. The third kappa shape index (κ3) is 6.46. The van der Waals surface area contributed by atoms with Crippen molar-refractivity contribution in [2.24, 2.45) is 5.92 Å². The Hall–Kier alpha value is -0.120. The van der Waals surface area contributed by atoms with Crippen LogP contribution < -0.4 is 5.32 Å². The predicted molar refractivity (Wildman–Crippen MR) is 68.8 cm³/mol. The van der Waals surface area contributed by atoms with Gasteiger partial charge in [-0.25, -0.2) is 0 Å². The first-order valence-electron chi connectivity index (χ1n) is 6.66. The Kier molecular flexibility index (Phi) is 7.01. The van der Waals surface area contributed by atoms with Gasteiger partial charge in [0.25, 0.3) is 0 Å². The number of ether oxygens (including phenoxy) is 1. The normalized spacial score (nSPS) is 18.0. The van der Waals surface area contributed by atoms with Crippen LogP contribution in [0.2, 0.25) is 0 Å². The van der Waals surface area contributed by atoms with Crippen molar-refractivity contribution >= 4 is 0 Å². The lowest BCUT2D eigenvalue weighted by molar-refractivity contribution is 0.0921. The zero-order chi connectivity index (χ0) is 11.8. The maximum absolute atomic E-state index is 5.65. The van der Waals surface area contributed by atoms with Gasteiger partial charge in [0.1, 0.15) is 0 Å². The molecule has 1 saturated carbocycles. The van der Waals surface area contributed by atoms with Crippen molar-refractivity contribution in [3.63, 3.8) is 0 Å². The summed E-state index contributed by atoms with van der Waals surface area (Å²) in [6.45, 7) is 6.37. The summed E-state index contributed by atoms with van der Waals surface area (Å²) in [7, 11) is 4.21. The van der Waals surface area contributed by atoms with Crippen molar-refractivity contribution in [2.75, 3.05) is 40.4 Å². The second-order valence-electron chi connectivity index (χ2n) is 5.09. The van der Waals surface area contributed by atoms with Crippen molar-refractivity contribution in [1.29, 1.82) is 0 Å². The number of rotatable bonds is 10. The molecule has 3 nitrogen and oxygen atoms in total. The summed E-state index contributed by atoms with van der Waals surface area (Å²) >= 11 is 0. The Labute approximate surface area is 101 Å². The van der Waals surface area contributed by atoms with Crippen LogP contribution in [0.1, 0.15) is 32.6 Å². The lowest BCUT2D eigenvalue weighted by atomic mass is 10.1. The van der Waals surface area contributed by atoms with E-state index < -0.39 is 0 Å². The van der Waals surface area contributed by atoms with Gasteiger partial charge in [-0.3, -0.25) is 0 Å². The molecule has 1 unspecified atom stereocenters. The van der Waals surface area contributed by atoms with Gasteiger partial charge in [-0.15, -0.1) is 0 Å². The first kappa shape index (κ1) is 13.9. The first-order valence-corrected chi connectivity index (χ1v) is 6.66. The predicted octanol–water partition coefficient (Wildman–Crippen LogP) is 1.73. The highest BCUT2D eigenvalue weighted by molar-refractivity contribution is 4.72. The quantitative estimate of drug-likeness (QED) is 0.576. The second kappa shape index (κ2) is 8.04. The first-order chi connectivity index (χ1) is 7.74. The minimum absolute atomic E-state index is 0.665. The van der Waals surface area contributed by atoms with Gasteiger partial charge in [0.05, 0.1) is 6.61 Å². The Morgan fingerprint density at radius 1 is 1.44 bits per heavy atom. The Morgan fingerprint density at radius 2 is 2.19 bits per heavy atom. The number of nitrogens with one attached hydrogen (secondary N) is 1. The maximum atomic E-state index is 5.65. The van der Waals surface area contributed by atoms with Gasteiger partial charge in [0, 0.05) is 19.2 Å². The standard InChI is InChI=1S/C13H28N2O/c1-12(5-4-8-14-2)15(3)9-10-16-11-13-6-7-13/h12-14H,4-11H2,1-3H3. The maximum Gasteiger partial charge on any atom is 0.0593 e. The monoisotopic (exact) mass is 228 g/mol. The smallest absolute Gasteiger partial charge is 0.0593 e. The summed E-state index contributed by atoms with van der Waals surface area (Å²) in [4.78, 5) is 2.41. The van der Waals surface area contributed by atoms with Crippen LogP contribution in [0.25, 0.3) is 0 Å². The summed E-state index contributed by atoms with van der Waals surface area (Å²) in [5.41, 5.74) is 0. The molecule has 1 atom stereocenters. The van der Waals surface area contributed by atoms with E-state index in [2.05, 4.69) is 24.2 Å². The molecule has 96 valence electrons. The van der Waals surface area contributed by atoms with E-state index in [-0.39, 0.29) is 0 Å². The highest BCUT2D eigenvalue weighted by atomic mass is 16.5. The van der Waals surface area contributed by atoms with E-state index in [9.17, 15) is 0 Å². The largest absolute Gasteiger partial charge is 0.380 e. The fraction of sp³-hybridized carbons (Fsp3) is 1.00. The Bertz CT molecular complexity index is 171. The van der Waals surface area contributed by atoms with E-state index in [4.69, 9.17) is 4.74 Å². The molecular weight excluding hydrogens is 200 g/mol. The number of hydrogen-bond acceptors (Lipinski definition) is 3. The number of nitrogens with zero attached hydrogens (tertiary/aromatic N) is 1. The topological polar surface area (TPSA) is 24.5 Å². The molecule has 16 heavy (non-hydrogen) atoms. The van der Waals surface area contributed by atoms with E-state index in [1.54, 1.807) is 0 Å². The fourth-order valence-electron chi connectivity index (χ4n) is 1.76. The molecule has 0 saturated heterocycles. The van der Waals surface area contributed by atoms with Crippen molar-refractivity contribution in [1.82, 2.24) is 10.2 Å². The van der Waals surface area contributed by atoms with E-state index >= 15 is 0 Å². The summed E-state index contributed by atoms with van der Waals surface area (Å²) in [5.74, 6) is 0.887. The SMILES string of the molecule is CNCCCC(C)N(C)CCOCC1CC1. The molecule has 0 spiro atoms. The molecule has 0 aromatic carbocycles. The number of hydrogen-bond donors (Lipinski definition) is 1. The van der Waals surface area contributed by atoms with Gasteiger partial charge in [-0.2, -0.15) is 0 Å². The van der Waals surface area contributed by atoms with Gasteiger partial charge in [0.2, 0.25) is 0 Å². The molecular formula is C13H28N2O. The third-order valence-corrected chi connectivity index (χ3v) is 3.44. The summed E-state index contributed by atoms with van der Waals surface area (Å²) < 4.78 is 5.65. The van der Waals surface area contributed by atoms with Crippen LogP contribution in [0, 0.1) is 5.92 Å². The average molecular weight is 228 g/mol. The van der Waals surface area contributed by atoms with Gasteiger partial charge in [-0.1, -0.05) is 0 Å². The molecule has 1 rings (SSSR count). The minimum Gasteiger partial charge on any atom is -0.380 e. The fourth-order valence-corrected chi connectivity index (χ4v) is 1.76. The Balaban J connectivity index is 1.92. The molecule has 0 aromatic heterocycles. The van der Waals surface area contributed by atoms with Crippen molar-refractivity contribution in [3.05, 3.63) is 0 Å². The van der Waals surface area contributed by atoms with E-state index in [1.807, 2.05) is 7.05 Å². The molecule has 3 heteroatoms. The van der Waals surface area contributed by atoms with Gasteiger partial charge in [-0.05, 0) is 59.2 Å². The average Bonchev–Trinajstić information content (AvgIpc) is 3.08. The molecule has 1 aliphatic carbocycles. The molecule has 1 fully saturated rings. The van der Waals surface area contributed by atoms with Crippen molar-refractivity contribution in [2.45, 2.75) is 38.6 Å². The van der Waals surface area contributed by atoms with Crippen molar-refractivity contribution < 1.29 is 4.74 Å². The van der Waals surface area contributed by atoms with Crippen LogP contribution in [0.15, 0.2) is 0 Å². The summed E-state index contributed by atoms with van der Waals surface area (Å²) in [6.07, 6.45) is 5.29. The van der Waals surface area contributed by atoms with Crippen LogP contribution in [-0.2, 0) is 4.74 Å². The summed E-state index contributed by atoms with van der Waals surface area (Å²) in [5, 5.41) is 3.19. The third-order valence-electron chi connectivity index (χ3n) is 3.44. The highest BCUT2D eigenvalue weighted by Gasteiger charge is 2.21. The van der Waals surface area contributed by atoms with Crippen LogP contribution in [0.3, 0.4) is 0 Å². The minimum atomic E-state index is 0.665. The second-order valence-corrected chi connectivity index (χ2v) is 5.09. The van der Waals surface area contributed by atoms with Crippen LogP contribution in [0.4, 0.5) is 0 Å². The lowest BCUT2D eigenvalue weighted by Gasteiger charge is -2.24. The molecule has 0 heterocycles. The number of likely N-dealkylation sites (N-methyl/N-ethyl adjacent to an activating group) is 1. The molecule has 1 aliphatic rings. The Morgan fingerprint density at radius 3 is 2.81 bits per heavy atom. The summed E-state index contributed by atoms with van der Waals surface area (Å²) in [6, 6.07) is 0.665. The zero-order valence-electron chi connectivity index (χ0n) is 11.2. The lowest BCUT2D eigenvalue weighted by Crippen LogP contribution is -2.32. The van der Waals surface area contributed by atoms with Crippen LogP contribution in [-0.4, -0.2) is 51.3 Å². The van der Waals surface area contributed by atoms with Crippen LogP contribution in [0.5, 0.6) is 0 Å². The molecule has 1 N–H and O–H groups in total. The van der Waals surface area contributed by atoms with Gasteiger partial charge >= 0.3 is 0 Å². The van der Waals surface area contributed by atoms with E-state index in [0.717, 1.165) is 32.2 Å². The van der Waals surface area contributed by atoms with Gasteiger partial charge < -0.3 is 15.0 Å². The van der Waals surface area contributed by atoms with E-state index in [1.165, 1.54) is 25.7 Å². The molecule has 0 amide bonds. The molecule has 0 radical (unpaired) electrons. The van der Waals surface area contributed by atoms with Crippen LogP contribution >= 0.6 is 0 Å².